The highest BCUT2D eigenvalue weighted by Gasteiger charge is 2.37. The monoisotopic (exact) mass is 455 g/mol. The van der Waals surface area contributed by atoms with Gasteiger partial charge in [0.15, 0.2) is 11.6 Å². The molecule has 0 aromatic carbocycles. The van der Waals surface area contributed by atoms with Gasteiger partial charge in [0.2, 0.25) is 11.9 Å². The maximum Gasteiger partial charge on any atom is 0.249 e. The average molecular weight is 455 g/mol. The zero-order valence-corrected chi connectivity index (χ0v) is 18.1. The Labute approximate surface area is 189 Å². The number of rotatable bonds is 4. The number of halogens is 2. The maximum absolute atomic E-state index is 14.3. The van der Waals surface area contributed by atoms with Crippen LogP contribution >= 0.6 is 0 Å². The Balaban J connectivity index is 1.27. The van der Waals surface area contributed by atoms with E-state index in [9.17, 15) is 13.6 Å². The summed E-state index contributed by atoms with van der Waals surface area (Å²) in [5.74, 6) is -0.151. The van der Waals surface area contributed by atoms with Gasteiger partial charge in [-0.3, -0.25) is 19.2 Å². The molecule has 0 radical (unpaired) electrons. The molecule has 0 saturated carbocycles. The summed E-state index contributed by atoms with van der Waals surface area (Å²) in [5.41, 5.74) is 0.625. The highest BCUT2D eigenvalue weighted by atomic mass is 19.1. The number of imidazole rings is 1. The highest BCUT2D eigenvalue weighted by molar-refractivity contribution is 5.79. The molecule has 0 bridgehead atoms. The molecule has 1 amide bonds. The zero-order valence-electron chi connectivity index (χ0n) is 18.1. The summed E-state index contributed by atoms with van der Waals surface area (Å²) < 4.78 is 29.5. The van der Waals surface area contributed by atoms with Gasteiger partial charge in [0, 0.05) is 44.0 Å². The number of aryl methyl sites for hydroxylation is 1. The molecule has 2 aliphatic heterocycles. The molecule has 5 rings (SSSR count). The molecule has 9 nitrogen and oxygen atoms in total. The van der Waals surface area contributed by atoms with E-state index in [1.165, 1.54) is 11.1 Å². The van der Waals surface area contributed by atoms with Crippen molar-refractivity contribution in [3.05, 3.63) is 60.1 Å². The molecule has 33 heavy (non-hydrogen) atoms. The van der Waals surface area contributed by atoms with Gasteiger partial charge < -0.3 is 4.90 Å². The van der Waals surface area contributed by atoms with Crippen LogP contribution in [0.4, 0.5) is 14.7 Å². The van der Waals surface area contributed by atoms with Crippen LogP contribution in [0.5, 0.6) is 0 Å². The smallest absolute Gasteiger partial charge is 0.249 e. The highest BCUT2D eigenvalue weighted by Crippen LogP contribution is 2.33. The van der Waals surface area contributed by atoms with Crippen molar-refractivity contribution >= 4 is 11.9 Å². The molecule has 2 fully saturated rings. The molecule has 0 spiro atoms. The van der Waals surface area contributed by atoms with Crippen molar-refractivity contribution < 1.29 is 18.4 Å². The van der Waals surface area contributed by atoms with Gasteiger partial charge in [-0.25, -0.2) is 23.8 Å². The Bertz CT molecular complexity index is 1160. The van der Waals surface area contributed by atoms with Gasteiger partial charge in [-0.1, -0.05) is 0 Å². The number of hydroxylamine groups is 2. The number of hydrogen-bond donors (Lipinski definition) is 0. The number of amides is 1. The first-order valence-electron chi connectivity index (χ1n) is 10.9. The fraction of sp³-hybridized carbons (Fsp3) is 0.409. The fourth-order valence-electron chi connectivity index (χ4n) is 4.38. The van der Waals surface area contributed by atoms with Crippen LogP contribution in [0, 0.1) is 24.5 Å². The predicted octanol–water partition coefficient (Wildman–Crippen LogP) is 2.77. The van der Waals surface area contributed by atoms with E-state index in [2.05, 4.69) is 19.9 Å². The molecule has 11 heteroatoms. The van der Waals surface area contributed by atoms with Crippen molar-refractivity contribution in [3.63, 3.8) is 0 Å². The van der Waals surface area contributed by atoms with Crippen LogP contribution in [0.15, 0.2) is 37.1 Å². The molecule has 2 saturated heterocycles. The Kier molecular flexibility index (Phi) is 5.71. The second-order valence-electron chi connectivity index (χ2n) is 8.19. The van der Waals surface area contributed by atoms with Crippen LogP contribution in [-0.2, 0) is 9.63 Å². The summed E-state index contributed by atoms with van der Waals surface area (Å²) in [4.78, 5) is 37.3. The largest absolute Gasteiger partial charge is 0.341 e. The van der Waals surface area contributed by atoms with Gasteiger partial charge in [-0.05, 0) is 31.4 Å². The first kappa shape index (κ1) is 21.4. The van der Waals surface area contributed by atoms with Crippen molar-refractivity contribution in [3.8, 4) is 5.82 Å². The maximum atomic E-state index is 14.3. The quantitative estimate of drug-likeness (QED) is 0.598. The van der Waals surface area contributed by atoms with Crippen molar-refractivity contribution in [2.75, 3.05) is 24.6 Å². The summed E-state index contributed by atoms with van der Waals surface area (Å²) in [6.45, 7) is 3.26. The minimum atomic E-state index is -0.533. The standard InChI is InChI=1S/C22H23F2N7O2/c1-14-26-5-8-30(14)20-18(24)13-27-22(28-20)29-6-2-15(3-7-29)21(32)31-19(4-9-33-31)16-10-17(23)12-25-11-16/h5,8,10-13,15,19H,2-4,6-7,9H2,1H3/t19-/m0/s1. The van der Waals surface area contributed by atoms with E-state index in [0.29, 0.717) is 56.3 Å². The third kappa shape index (κ3) is 4.15. The van der Waals surface area contributed by atoms with E-state index in [1.807, 2.05) is 4.90 Å². The van der Waals surface area contributed by atoms with Gasteiger partial charge in [-0.15, -0.1) is 0 Å². The van der Waals surface area contributed by atoms with Crippen molar-refractivity contribution in [2.45, 2.75) is 32.2 Å². The lowest BCUT2D eigenvalue weighted by atomic mass is 9.95. The SMILES string of the molecule is Cc1nccn1-c1nc(N2CCC(C(=O)N3OCC[C@H]3c3cncc(F)c3)CC2)ncc1F. The molecular formula is C22H23F2N7O2. The molecule has 0 aliphatic carbocycles. The van der Waals surface area contributed by atoms with E-state index >= 15 is 0 Å². The minimum absolute atomic E-state index is 0.115. The van der Waals surface area contributed by atoms with E-state index in [4.69, 9.17) is 4.84 Å². The first-order chi connectivity index (χ1) is 16.0. The number of carbonyl (C=O) groups excluding carboxylic acids is 1. The normalized spacial score (nSPS) is 19.3. The number of aromatic nitrogens is 5. The van der Waals surface area contributed by atoms with Crippen LogP contribution in [0.3, 0.4) is 0 Å². The van der Waals surface area contributed by atoms with E-state index < -0.39 is 11.6 Å². The Hall–Kier alpha value is -3.47. The van der Waals surface area contributed by atoms with Gasteiger partial charge in [0.25, 0.3) is 0 Å². The van der Waals surface area contributed by atoms with Gasteiger partial charge in [0.1, 0.15) is 11.6 Å². The molecule has 5 heterocycles. The third-order valence-corrected chi connectivity index (χ3v) is 6.13. The molecule has 1 atom stereocenters. The molecule has 172 valence electrons. The number of hydrogen-bond acceptors (Lipinski definition) is 7. The van der Waals surface area contributed by atoms with Crippen molar-refractivity contribution in [2.24, 2.45) is 5.92 Å². The second-order valence-corrected chi connectivity index (χ2v) is 8.19. The molecule has 3 aromatic rings. The van der Waals surface area contributed by atoms with E-state index in [1.54, 1.807) is 30.1 Å². The second kappa shape index (κ2) is 8.81. The summed E-state index contributed by atoms with van der Waals surface area (Å²) in [6.07, 6.45) is 8.84. The molecule has 0 N–H and O–H groups in total. The lowest BCUT2D eigenvalue weighted by Crippen LogP contribution is -2.42. The van der Waals surface area contributed by atoms with Crippen molar-refractivity contribution in [1.29, 1.82) is 0 Å². The average Bonchev–Trinajstić information content (AvgIpc) is 3.48. The summed E-state index contributed by atoms with van der Waals surface area (Å²) in [6, 6.07) is 1.04. The fourth-order valence-corrected chi connectivity index (χ4v) is 4.38. The molecular weight excluding hydrogens is 432 g/mol. The summed E-state index contributed by atoms with van der Waals surface area (Å²) >= 11 is 0. The Morgan fingerprint density at radius 3 is 2.67 bits per heavy atom. The Morgan fingerprint density at radius 2 is 1.94 bits per heavy atom. The number of piperidine rings is 1. The van der Waals surface area contributed by atoms with E-state index in [0.717, 1.165) is 12.4 Å². The third-order valence-electron chi connectivity index (χ3n) is 6.13. The lowest BCUT2D eigenvalue weighted by Gasteiger charge is -2.34. The van der Waals surface area contributed by atoms with Crippen LogP contribution in [0.1, 0.15) is 36.7 Å². The van der Waals surface area contributed by atoms with Gasteiger partial charge in [-0.2, -0.15) is 4.98 Å². The minimum Gasteiger partial charge on any atom is -0.341 e. The number of anilines is 1. The van der Waals surface area contributed by atoms with Crippen LogP contribution in [0.25, 0.3) is 5.82 Å². The molecule has 3 aromatic heterocycles. The van der Waals surface area contributed by atoms with E-state index in [-0.39, 0.29) is 23.7 Å². The van der Waals surface area contributed by atoms with Gasteiger partial charge in [0.05, 0.1) is 25.0 Å². The predicted molar refractivity (Wildman–Crippen MR) is 113 cm³/mol. The van der Waals surface area contributed by atoms with Crippen LogP contribution < -0.4 is 4.90 Å². The van der Waals surface area contributed by atoms with Gasteiger partial charge >= 0.3 is 0 Å². The molecule has 0 unspecified atom stereocenters. The van der Waals surface area contributed by atoms with Crippen LogP contribution in [0.2, 0.25) is 0 Å². The zero-order chi connectivity index (χ0) is 22.9. The molecule has 2 aliphatic rings. The Morgan fingerprint density at radius 1 is 1.12 bits per heavy atom. The topological polar surface area (TPSA) is 89.3 Å². The van der Waals surface area contributed by atoms with Crippen LogP contribution in [-0.4, -0.2) is 55.2 Å². The number of carbonyl (C=O) groups is 1. The summed E-state index contributed by atoms with van der Waals surface area (Å²) in [5, 5.41) is 1.38. The summed E-state index contributed by atoms with van der Waals surface area (Å²) in [7, 11) is 0. The first-order valence-corrected chi connectivity index (χ1v) is 10.9. The number of nitrogens with zero attached hydrogens (tertiary/aromatic N) is 7. The van der Waals surface area contributed by atoms with Crippen molar-refractivity contribution in [1.82, 2.24) is 29.6 Å². The lowest BCUT2D eigenvalue weighted by molar-refractivity contribution is -0.182. The number of pyridine rings is 1.